The number of nitrogens with one attached hydrogen (secondary N) is 2. The van der Waals surface area contributed by atoms with E-state index < -0.39 is 8.02 Å². The molecule has 0 fully saturated rings. The first-order chi connectivity index (χ1) is 20.1. The molecule has 6 aromatic carbocycles. The second-order valence-corrected chi connectivity index (χ2v) is 12.6. The Kier molecular flexibility index (Phi) is 6.68. The van der Waals surface area contributed by atoms with Crippen LogP contribution in [0.2, 0.25) is 0 Å². The fourth-order valence-corrected chi connectivity index (χ4v) is 8.25. The summed E-state index contributed by atoms with van der Waals surface area (Å²) in [6.07, 6.45) is 0. The largest absolute Gasteiger partial charge is 0.519 e. The Bertz CT molecular complexity index is 1710. The minimum Gasteiger partial charge on any atom is -0.272 e. The third-order valence-electron chi connectivity index (χ3n) is 7.81. The normalized spacial score (nSPS) is 15.2. The number of hydrogen-bond acceptors (Lipinski definition) is 4. The summed E-state index contributed by atoms with van der Waals surface area (Å²) in [5, 5.41) is 12.2. The Morgan fingerprint density at radius 1 is 0.463 bits per heavy atom. The van der Waals surface area contributed by atoms with Gasteiger partial charge in [0.25, 0.3) is 0 Å². The van der Waals surface area contributed by atoms with Crippen LogP contribution >= 0.6 is 8.02 Å². The van der Waals surface area contributed by atoms with Gasteiger partial charge in [0, 0.05) is 11.1 Å². The van der Waals surface area contributed by atoms with Gasteiger partial charge in [-0.3, -0.25) is 9.05 Å². The first kappa shape index (κ1) is 25.7. The summed E-state index contributed by atoms with van der Waals surface area (Å²) in [6, 6.07) is 46.3. The van der Waals surface area contributed by atoms with Gasteiger partial charge in [-0.15, -0.1) is 10.2 Å². The van der Waals surface area contributed by atoms with Crippen molar-refractivity contribution in [1.29, 1.82) is 0 Å². The molecule has 0 saturated heterocycles. The molecule has 1 aliphatic rings. The lowest BCUT2D eigenvalue weighted by atomic mass is 9.92. The maximum Gasteiger partial charge on any atom is 0.519 e. The number of rotatable bonds is 6. The average molecular weight is 556 g/mol. The summed E-state index contributed by atoms with van der Waals surface area (Å²) in [5.74, 6) is 1.60. The van der Waals surface area contributed by atoms with E-state index in [1.54, 1.807) is 0 Å². The first-order valence-corrected chi connectivity index (χ1v) is 15.7. The molecule has 41 heavy (non-hydrogen) atoms. The van der Waals surface area contributed by atoms with E-state index in [1.165, 1.54) is 0 Å². The highest BCUT2D eigenvalue weighted by molar-refractivity contribution is 7.63. The molecular formula is C36H32N2O2P+. The molecule has 0 spiro atoms. The monoisotopic (exact) mass is 555 g/mol. The molecular weight excluding hydrogens is 523 g/mol. The maximum absolute atomic E-state index is 7.14. The molecule has 4 nitrogen and oxygen atoms in total. The van der Waals surface area contributed by atoms with Crippen LogP contribution < -0.4 is 19.2 Å². The third kappa shape index (κ3) is 4.85. The van der Waals surface area contributed by atoms with E-state index in [1.807, 2.05) is 12.1 Å². The van der Waals surface area contributed by atoms with Gasteiger partial charge in [-0.25, -0.2) is 0 Å². The van der Waals surface area contributed by atoms with E-state index in [4.69, 9.17) is 9.05 Å². The van der Waals surface area contributed by atoms with Crippen LogP contribution in [0, 0.1) is 0 Å². The van der Waals surface area contributed by atoms with Crippen LogP contribution in [0.15, 0.2) is 133 Å². The number of benzene rings is 6. The second-order valence-electron chi connectivity index (χ2n) is 10.6. The van der Waals surface area contributed by atoms with Gasteiger partial charge in [-0.1, -0.05) is 121 Å². The van der Waals surface area contributed by atoms with Crippen LogP contribution in [-0.2, 0) is 0 Å². The Labute approximate surface area is 241 Å². The van der Waals surface area contributed by atoms with E-state index in [2.05, 4.69) is 145 Å². The highest BCUT2D eigenvalue weighted by atomic mass is 31.2. The van der Waals surface area contributed by atoms with E-state index in [0.717, 1.165) is 55.3 Å². The van der Waals surface area contributed by atoms with Gasteiger partial charge in [-0.2, -0.15) is 0 Å². The van der Waals surface area contributed by atoms with Gasteiger partial charge < -0.3 is 0 Å². The lowest BCUT2D eigenvalue weighted by Gasteiger charge is -2.28. The van der Waals surface area contributed by atoms with Crippen LogP contribution in [0.4, 0.5) is 0 Å². The molecule has 0 saturated carbocycles. The minimum absolute atomic E-state index is 0.0362. The predicted molar refractivity (Wildman–Crippen MR) is 171 cm³/mol. The molecule has 2 atom stereocenters. The van der Waals surface area contributed by atoms with Crippen molar-refractivity contribution in [3.05, 3.63) is 145 Å². The average Bonchev–Trinajstić information content (AvgIpc) is 3.16. The fourth-order valence-electron chi connectivity index (χ4n) is 5.75. The zero-order chi connectivity index (χ0) is 27.8. The van der Waals surface area contributed by atoms with Crippen molar-refractivity contribution in [2.24, 2.45) is 0 Å². The van der Waals surface area contributed by atoms with E-state index in [-0.39, 0.29) is 12.1 Å². The fraction of sp³-hybridized carbons (Fsp3) is 0.111. The van der Waals surface area contributed by atoms with Gasteiger partial charge in [0.2, 0.25) is 0 Å². The first-order valence-electron chi connectivity index (χ1n) is 14.1. The van der Waals surface area contributed by atoms with Crippen LogP contribution in [0.5, 0.6) is 11.5 Å². The number of hydrogen-bond donors (Lipinski definition) is 2. The molecule has 0 amide bonds. The summed E-state index contributed by atoms with van der Waals surface area (Å²) >= 11 is 0. The van der Waals surface area contributed by atoms with Crippen molar-refractivity contribution in [3.8, 4) is 22.6 Å². The quantitative estimate of drug-likeness (QED) is 0.201. The lowest BCUT2D eigenvalue weighted by Crippen LogP contribution is -2.37. The molecule has 1 aliphatic heterocycles. The Morgan fingerprint density at radius 2 is 0.854 bits per heavy atom. The molecule has 0 radical (unpaired) electrons. The van der Waals surface area contributed by atoms with Gasteiger partial charge in [0.1, 0.15) is 0 Å². The smallest absolute Gasteiger partial charge is 0.272 e. The molecule has 2 N–H and O–H groups in total. The zero-order valence-corrected chi connectivity index (χ0v) is 24.0. The Balaban J connectivity index is 1.45. The van der Waals surface area contributed by atoms with Crippen LogP contribution in [-0.4, -0.2) is 0 Å². The van der Waals surface area contributed by atoms with E-state index in [9.17, 15) is 0 Å². The SMILES string of the molecule is C[C@H](N[P+]1(N[C@@H](C)c2ccccc2)Oc2ccc3ccccc3c2-c2c(ccc3ccccc23)O1)c1ccccc1. The maximum atomic E-state index is 7.14. The molecule has 1 heterocycles. The van der Waals surface area contributed by atoms with Crippen molar-refractivity contribution >= 4 is 29.6 Å². The molecule has 5 heteroatoms. The Hall–Kier alpha value is -4.21. The molecule has 0 aromatic heterocycles. The van der Waals surface area contributed by atoms with Crippen LogP contribution in [0.1, 0.15) is 37.1 Å². The number of fused-ring (bicyclic) bond motifs is 7. The zero-order valence-electron chi connectivity index (χ0n) is 23.1. The van der Waals surface area contributed by atoms with Crippen molar-refractivity contribution < 1.29 is 9.05 Å². The molecule has 0 unspecified atom stereocenters. The van der Waals surface area contributed by atoms with Gasteiger partial charge >= 0.3 is 8.02 Å². The summed E-state index contributed by atoms with van der Waals surface area (Å²) < 4.78 is 14.3. The minimum atomic E-state index is -3.00. The Morgan fingerprint density at radius 3 is 1.29 bits per heavy atom. The van der Waals surface area contributed by atoms with Crippen molar-refractivity contribution in [1.82, 2.24) is 10.2 Å². The highest BCUT2D eigenvalue weighted by Gasteiger charge is 2.52. The van der Waals surface area contributed by atoms with Crippen LogP contribution in [0.3, 0.4) is 0 Å². The second kappa shape index (κ2) is 10.6. The predicted octanol–water partition coefficient (Wildman–Crippen LogP) is 9.81. The van der Waals surface area contributed by atoms with Gasteiger partial charge in [0.15, 0.2) is 11.5 Å². The van der Waals surface area contributed by atoms with E-state index in [0.29, 0.717) is 0 Å². The van der Waals surface area contributed by atoms with Gasteiger partial charge in [0.05, 0.1) is 12.1 Å². The summed E-state index contributed by atoms with van der Waals surface area (Å²) in [4.78, 5) is 0. The van der Waals surface area contributed by atoms with Crippen molar-refractivity contribution in [2.45, 2.75) is 25.9 Å². The van der Waals surface area contributed by atoms with E-state index >= 15 is 0 Å². The van der Waals surface area contributed by atoms with Crippen LogP contribution in [0.25, 0.3) is 32.7 Å². The highest BCUT2D eigenvalue weighted by Crippen LogP contribution is 2.62. The standard InChI is InChI=1S/C36H32N2O2P/c1-25(27-13-5-3-6-14-27)37-41(38-26(2)28-15-7-4-8-16-28)39-33-23-21-29-17-9-11-19-31(29)35(33)36-32-20-12-10-18-30(32)22-24-34(36)40-41/h3-26,37-38H,1-2H3/q+1/t25-,26-/m0/s1. The summed E-state index contributed by atoms with van der Waals surface area (Å²) in [7, 11) is -3.00. The third-order valence-corrected chi connectivity index (χ3v) is 10.2. The lowest BCUT2D eigenvalue weighted by molar-refractivity contribution is 0.411. The molecule has 6 aromatic rings. The van der Waals surface area contributed by atoms with Crippen molar-refractivity contribution in [2.75, 3.05) is 0 Å². The van der Waals surface area contributed by atoms with Gasteiger partial charge in [-0.05, 0) is 58.7 Å². The summed E-state index contributed by atoms with van der Waals surface area (Å²) in [6.45, 7) is 4.32. The summed E-state index contributed by atoms with van der Waals surface area (Å²) in [5.41, 5.74) is 4.44. The topological polar surface area (TPSA) is 42.5 Å². The molecule has 0 bridgehead atoms. The van der Waals surface area contributed by atoms with Crippen molar-refractivity contribution in [3.63, 3.8) is 0 Å². The molecule has 0 aliphatic carbocycles. The molecule has 202 valence electrons. The molecule has 7 rings (SSSR count).